The van der Waals surface area contributed by atoms with Gasteiger partial charge in [0.25, 0.3) is 0 Å². The van der Waals surface area contributed by atoms with Gasteiger partial charge in [-0.25, -0.2) is 4.52 Å². The predicted molar refractivity (Wildman–Crippen MR) is 160 cm³/mol. The molecule has 1 fully saturated rings. The zero-order valence-electron chi connectivity index (χ0n) is 22.5. The summed E-state index contributed by atoms with van der Waals surface area (Å²) < 4.78 is 2.24. The number of pyridine rings is 2. The van der Waals surface area contributed by atoms with E-state index in [0.717, 1.165) is 24.2 Å². The maximum Gasteiger partial charge on any atom is 0.120 e. The van der Waals surface area contributed by atoms with E-state index in [9.17, 15) is 0 Å². The van der Waals surface area contributed by atoms with Crippen LogP contribution in [0.2, 0.25) is 0 Å². The fourth-order valence-electron chi connectivity index (χ4n) is 7.16. The zero-order chi connectivity index (χ0) is 26.1. The van der Waals surface area contributed by atoms with Crippen LogP contribution in [-0.4, -0.2) is 14.6 Å². The van der Waals surface area contributed by atoms with Gasteiger partial charge in [-0.1, -0.05) is 80.6 Å². The van der Waals surface area contributed by atoms with Crippen molar-refractivity contribution >= 4 is 16.3 Å². The lowest BCUT2D eigenvalue weighted by atomic mass is 9.73. The van der Waals surface area contributed by atoms with E-state index in [1.807, 2.05) is 12.3 Å². The normalized spacial score (nSPS) is 15.5. The highest BCUT2D eigenvalue weighted by atomic mass is 15.2. The van der Waals surface area contributed by atoms with Gasteiger partial charge in [0.05, 0.1) is 11.2 Å². The first-order valence-corrected chi connectivity index (χ1v) is 14.3. The molecule has 3 aromatic carbocycles. The van der Waals surface area contributed by atoms with Crippen molar-refractivity contribution in [3.8, 4) is 33.6 Å². The van der Waals surface area contributed by atoms with Gasteiger partial charge in [0.1, 0.15) is 5.69 Å². The fraction of sp³-hybridized carbons (Fsp3) is 0.222. The van der Waals surface area contributed by atoms with Crippen LogP contribution >= 0.6 is 0 Å². The van der Waals surface area contributed by atoms with Gasteiger partial charge < -0.3 is 0 Å². The number of hydrogen-bond donors (Lipinski definition) is 0. The van der Waals surface area contributed by atoms with E-state index in [0.29, 0.717) is 5.92 Å². The summed E-state index contributed by atoms with van der Waals surface area (Å²) in [6, 6.07) is 33.4. The van der Waals surface area contributed by atoms with Crippen LogP contribution in [0, 0.1) is 0 Å². The Labute approximate surface area is 229 Å². The van der Waals surface area contributed by atoms with Gasteiger partial charge in [0.15, 0.2) is 0 Å². The van der Waals surface area contributed by atoms with Gasteiger partial charge >= 0.3 is 0 Å². The largest absolute Gasteiger partial charge is 0.255 e. The second kappa shape index (κ2) is 8.38. The number of aromatic nitrogens is 3. The van der Waals surface area contributed by atoms with E-state index < -0.39 is 0 Å². The Morgan fingerprint density at radius 1 is 0.795 bits per heavy atom. The van der Waals surface area contributed by atoms with Crippen molar-refractivity contribution < 1.29 is 0 Å². The predicted octanol–water partition coefficient (Wildman–Crippen LogP) is 9.18. The minimum absolute atomic E-state index is 0.0251. The summed E-state index contributed by atoms with van der Waals surface area (Å²) in [4.78, 5) is 4.79. The molecule has 0 unspecified atom stereocenters. The van der Waals surface area contributed by atoms with Crippen LogP contribution in [0.1, 0.15) is 62.3 Å². The maximum absolute atomic E-state index is 5.33. The van der Waals surface area contributed by atoms with E-state index >= 15 is 0 Å². The highest BCUT2D eigenvalue weighted by Crippen LogP contribution is 2.54. The van der Waals surface area contributed by atoms with E-state index in [1.54, 1.807) is 0 Å². The molecule has 0 bridgehead atoms. The quantitative estimate of drug-likeness (QED) is 0.234. The van der Waals surface area contributed by atoms with Gasteiger partial charge in [-0.15, -0.1) is 0 Å². The first-order chi connectivity index (χ1) is 19.2. The molecule has 0 aliphatic heterocycles. The monoisotopic (exact) mass is 505 g/mol. The summed E-state index contributed by atoms with van der Waals surface area (Å²) in [5.74, 6) is 0.573. The van der Waals surface area contributed by atoms with Crippen molar-refractivity contribution in [3.63, 3.8) is 0 Å². The minimum atomic E-state index is 0.0251. The standard InChI is InChI=1S/C36H31N3/c1-3-36(4-2)29-14-8-7-13-27(29)28-19-18-25(21-30(28)36)33-34(31-15-9-10-20-37-31)38-39-32(23-16-17-23)22-24-11-5-6-12-26(24)35(33)39/h5-15,18-23H,3-4,16-17H2,1-2H3. The molecule has 0 saturated heterocycles. The lowest BCUT2D eigenvalue weighted by molar-refractivity contribution is 0.490. The summed E-state index contributed by atoms with van der Waals surface area (Å²) in [7, 11) is 0. The molecule has 190 valence electrons. The average Bonchev–Trinajstić information content (AvgIpc) is 3.70. The highest BCUT2D eigenvalue weighted by molar-refractivity contribution is 6.07. The molecule has 2 aliphatic carbocycles. The molecule has 3 heterocycles. The topological polar surface area (TPSA) is 30.2 Å². The van der Waals surface area contributed by atoms with Gasteiger partial charge in [-0.3, -0.25) is 4.98 Å². The van der Waals surface area contributed by atoms with Crippen LogP contribution in [-0.2, 0) is 5.41 Å². The molecule has 3 nitrogen and oxygen atoms in total. The van der Waals surface area contributed by atoms with Crippen molar-refractivity contribution in [3.05, 3.63) is 114 Å². The summed E-state index contributed by atoms with van der Waals surface area (Å²) >= 11 is 0. The van der Waals surface area contributed by atoms with Crippen LogP contribution < -0.4 is 0 Å². The van der Waals surface area contributed by atoms with E-state index in [2.05, 4.69) is 103 Å². The third-order valence-electron chi connectivity index (χ3n) is 9.32. The van der Waals surface area contributed by atoms with Crippen LogP contribution in [0.25, 0.3) is 49.9 Å². The smallest absolute Gasteiger partial charge is 0.120 e. The molecule has 39 heavy (non-hydrogen) atoms. The molecule has 0 radical (unpaired) electrons. The first-order valence-electron chi connectivity index (χ1n) is 14.3. The first kappa shape index (κ1) is 22.7. The summed E-state index contributed by atoms with van der Waals surface area (Å²) in [5.41, 5.74) is 12.5. The van der Waals surface area contributed by atoms with Gasteiger partial charge in [-0.2, -0.15) is 5.10 Å². The molecule has 6 aromatic rings. The second-order valence-electron chi connectivity index (χ2n) is 11.2. The molecule has 2 aliphatic rings. The van der Waals surface area contributed by atoms with Crippen LogP contribution in [0.4, 0.5) is 0 Å². The highest BCUT2D eigenvalue weighted by Gasteiger charge is 2.40. The summed E-state index contributed by atoms with van der Waals surface area (Å²) in [6.07, 6.45) is 6.49. The van der Waals surface area contributed by atoms with Crippen molar-refractivity contribution in [2.75, 3.05) is 0 Å². The summed E-state index contributed by atoms with van der Waals surface area (Å²) in [6.45, 7) is 4.68. The molecule has 0 spiro atoms. The average molecular weight is 506 g/mol. The van der Waals surface area contributed by atoms with Crippen LogP contribution in [0.15, 0.2) is 97.2 Å². The number of fused-ring (bicyclic) bond motifs is 6. The Morgan fingerprint density at radius 2 is 1.56 bits per heavy atom. The Morgan fingerprint density at radius 3 is 2.36 bits per heavy atom. The Hall–Kier alpha value is -4.24. The maximum atomic E-state index is 5.33. The van der Waals surface area contributed by atoms with E-state index in [1.165, 1.54) is 68.2 Å². The molecule has 0 N–H and O–H groups in total. The third kappa shape index (κ3) is 3.16. The minimum Gasteiger partial charge on any atom is -0.255 e. The third-order valence-corrected chi connectivity index (χ3v) is 9.32. The van der Waals surface area contributed by atoms with Crippen molar-refractivity contribution in [2.45, 2.75) is 50.9 Å². The summed E-state index contributed by atoms with van der Waals surface area (Å²) in [5, 5.41) is 7.86. The van der Waals surface area contributed by atoms with Crippen LogP contribution in [0.5, 0.6) is 0 Å². The number of benzene rings is 3. The van der Waals surface area contributed by atoms with E-state index in [-0.39, 0.29) is 5.41 Å². The van der Waals surface area contributed by atoms with Crippen LogP contribution in [0.3, 0.4) is 0 Å². The van der Waals surface area contributed by atoms with Crippen molar-refractivity contribution in [1.82, 2.24) is 14.6 Å². The van der Waals surface area contributed by atoms with Crippen molar-refractivity contribution in [1.29, 1.82) is 0 Å². The molecular weight excluding hydrogens is 474 g/mol. The lowest BCUT2D eigenvalue weighted by Gasteiger charge is -2.30. The molecule has 3 heteroatoms. The fourth-order valence-corrected chi connectivity index (χ4v) is 7.16. The Balaban J connectivity index is 1.48. The van der Waals surface area contributed by atoms with Gasteiger partial charge in [-0.05, 0) is 83.2 Å². The number of nitrogens with zero attached hydrogens (tertiary/aromatic N) is 3. The molecule has 0 amide bonds. The molecule has 3 aromatic heterocycles. The molecule has 1 saturated carbocycles. The van der Waals surface area contributed by atoms with Gasteiger partial charge in [0, 0.05) is 34.2 Å². The van der Waals surface area contributed by atoms with Crippen molar-refractivity contribution in [2.24, 2.45) is 0 Å². The molecule has 8 rings (SSSR count). The van der Waals surface area contributed by atoms with Gasteiger partial charge in [0.2, 0.25) is 0 Å². The molecule has 0 atom stereocenters. The SMILES string of the molecule is CCC1(CC)c2ccccc2-c2ccc(-c3c(-c4ccccn4)nn4c(C5CC5)cc5ccccc5c34)cc21. The zero-order valence-corrected chi connectivity index (χ0v) is 22.5. The number of hydrogen-bond acceptors (Lipinski definition) is 2. The lowest BCUT2D eigenvalue weighted by Crippen LogP contribution is -2.23. The Kier molecular flexibility index (Phi) is 4.88. The second-order valence-corrected chi connectivity index (χ2v) is 11.2. The molecular formula is C36H31N3. The van der Waals surface area contributed by atoms with E-state index in [4.69, 9.17) is 10.1 Å². The number of rotatable bonds is 5. The Bertz CT molecular complexity index is 1890.